The lowest BCUT2D eigenvalue weighted by Gasteiger charge is -2.07. The van der Waals surface area contributed by atoms with Crippen LogP contribution in [0.5, 0.6) is 0 Å². The largest absolute Gasteiger partial charge is 0.376 e. The van der Waals surface area contributed by atoms with Gasteiger partial charge in [-0.2, -0.15) is 0 Å². The fourth-order valence-electron chi connectivity index (χ4n) is 1.02. The number of ether oxygens (including phenoxy) is 2. The fraction of sp³-hybridized carbons (Fsp3) is 0.545. The van der Waals surface area contributed by atoms with Crippen LogP contribution in [0.2, 0.25) is 0 Å². The highest BCUT2D eigenvalue weighted by Gasteiger charge is 2.06. The van der Waals surface area contributed by atoms with E-state index in [1.807, 2.05) is 25.3 Å². The molecule has 0 saturated carbocycles. The molecular weight excluding hydrogens is 212 g/mol. The van der Waals surface area contributed by atoms with E-state index in [0.29, 0.717) is 13.2 Å². The van der Waals surface area contributed by atoms with Crippen LogP contribution in [0.4, 0.5) is 0 Å². The highest BCUT2D eigenvalue weighted by Crippen LogP contribution is 2.09. The molecule has 0 saturated heterocycles. The molecule has 0 aliphatic heterocycles. The van der Waals surface area contributed by atoms with E-state index < -0.39 is 0 Å². The molecule has 0 atom stereocenters. The number of hydrogen-bond donors (Lipinski definition) is 0. The van der Waals surface area contributed by atoms with Crippen LogP contribution in [0.25, 0.3) is 0 Å². The molecule has 0 fully saturated rings. The standard InChI is InChI=1S/C11H16O3S/c1-9(2)14-6-5-13-8-10(12)11-4-3-7-15-11/h3-4,7,9H,5-6,8H2,1-2H3. The van der Waals surface area contributed by atoms with Crippen molar-refractivity contribution >= 4 is 17.1 Å². The Hall–Kier alpha value is -0.710. The average molecular weight is 228 g/mol. The third-order valence-electron chi connectivity index (χ3n) is 1.71. The molecular formula is C11H16O3S. The average Bonchev–Trinajstić information content (AvgIpc) is 2.69. The molecule has 0 amide bonds. The van der Waals surface area contributed by atoms with Gasteiger partial charge in [-0.1, -0.05) is 6.07 Å². The molecule has 0 spiro atoms. The van der Waals surface area contributed by atoms with E-state index in [-0.39, 0.29) is 18.5 Å². The smallest absolute Gasteiger partial charge is 0.198 e. The Kier molecular flexibility index (Phi) is 5.53. The topological polar surface area (TPSA) is 35.5 Å². The lowest BCUT2D eigenvalue weighted by atomic mass is 10.3. The third-order valence-corrected chi connectivity index (χ3v) is 2.62. The molecule has 0 N–H and O–H groups in total. The quantitative estimate of drug-likeness (QED) is 0.531. The summed E-state index contributed by atoms with van der Waals surface area (Å²) >= 11 is 1.44. The van der Waals surface area contributed by atoms with Crippen LogP contribution in [0.15, 0.2) is 17.5 Å². The Balaban J connectivity index is 2.08. The zero-order chi connectivity index (χ0) is 11.1. The van der Waals surface area contributed by atoms with Crippen LogP contribution in [-0.2, 0) is 9.47 Å². The zero-order valence-corrected chi connectivity index (χ0v) is 9.88. The van der Waals surface area contributed by atoms with Crippen LogP contribution >= 0.6 is 11.3 Å². The zero-order valence-electron chi connectivity index (χ0n) is 9.06. The van der Waals surface area contributed by atoms with Gasteiger partial charge in [-0.15, -0.1) is 11.3 Å². The summed E-state index contributed by atoms with van der Waals surface area (Å²) in [5.74, 6) is 0.0366. The lowest BCUT2D eigenvalue weighted by molar-refractivity contribution is 0.0209. The monoisotopic (exact) mass is 228 g/mol. The Morgan fingerprint density at radius 2 is 2.27 bits per heavy atom. The van der Waals surface area contributed by atoms with Gasteiger partial charge in [0.15, 0.2) is 5.78 Å². The Labute approximate surface area is 94.0 Å². The second-order valence-electron chi connectivity index (χ2n) is 3.37. The van der Waals surface area contributed by atoms with Gasteiger partial charge in [-0.05, 0) is 25.3 Å². The van der Waals surface area contributed by atoms with Crippen molar-refractivity contribution < 1.29 is 14.3 Å². The SMILES string of the molecule is CC(C)OCCOCC(=O)c1cccs1. The van der Waals surface area contributed by atoms with Gasteiger partial charge in [0.25, 0.3) is 0 Å². The van der Waals surface area contributed by atoms with Crippen molar-refractivity contribution in [3.05, 3.63) is 22.4 Å². The molecule has 0 aliphatic rings. The maximum Gasteiger partial charge on any atom is 0.198 e. The van der Waals surface area contributed by atoms with Crippen LogP contribution in [0.1, 0.15) is 23.5 Å². The molecule has 1 aromatic heterocycles. The number of ketones is 1. The number of carbonyl (C=O) groups excluding carboxylic acids is 1. The van der Waals surface area contributed by atoms with Gasteiger partial charge in [-0.3, -0.25) is 4.79 Å². The van der Waals surface area contributed by atoms with Gasteiger partial charge < -0.3 is 9.47 Å². The van der Waals surface area contributed by atoms with E-state index >= 15 is 0 Å². The minimum Gasteiger partial charge on any atom is -0.376 e. The molecule has 0 unspecified atom stereocenters. The summed E-state index contributed by atoms with van der Waals surface area (Å²) in [7, 11) is 0. The number of rotatable bonds is 7. The van der Waals surface area contributed by atoms with E-state index in [2.05, 4.69) is 0 Å². The van der Waals surface area contributed by atoms with E-state index in [4.69, 9.17) is 9.47 Å². The second-order valence-corrected chi connectivity index (χ2v) is 4.32. The van der Waals surface area contributed by atoms with Gasteiger partial charge in [-0.25, -0.2) is 0 Å². The van der Waals surface area contributed by atoms with Crippen LogP contribution < -0.4 is 0 Å². The summed E-state index contributed by atoms with van der Waals surface area (Å²) in [6.07, 6.45) is 0.210. The normalized spacial score (nSPS) is 10.9. The van der Waals surface area contributed by atoms with Crippen molar-refractivity contribution in [1.82, 2.24) is 0 Å². The Morgan fingerprint density at radius 3 is 2.87 bits per heavy atom. The highest BCUT2D eigenvalue weighted by atomic mass is 32.1. The Bertz CT molecular complexity index is 280. The number of thiophene rings is 1. The third kappa shape index (κ3) is 5.06. The van der Waals surface area contributed by atoms with Crippen molar-refractivity contribution in [3.63, 3.8) is 0 Å². The highest BCUT2D eigenvalue weighted by molar-refractivity contribution is 7.12. The first-order chi connectivity index (χ1) is 7.20. The first-order valence-electron chi connectivity index (χ1n) is 4.96. The molecule has 0 bridgehead atoms. The van der Waals surface area contributed by atoms with E-state index in [1.54, 1.807) is 6.07 Å². The molecule has 0 radical (unpaired) electrons. The summed E-state index contributed by atoms with van der Waals surface area (Å²) in [4.78, 5) is 12.2. The first kappa shape index (κ1) is 12.4. The van der Waals surface area contributed by atoms with Crippen molar-refractivity contribution in [1.29, 1.82) is 0 Å². The van der Waals surface area contributed by atoms with Crippen molar-refractivity contribution in [3.8, 4) is 0 Å². The van der Waals surface area contributed by atoms with Crippen molar-refractivity contribution in [2.45, 2.75) is 20.0 Å². The van der Waals surface area contributed by atoms with Gasteiger partial charge >= 0.3 is 0 Å². The predicted octanol–water partition coefficient (Wildman–Crippen LogP) is 2.37. The molecule has 0 aromatic carbocycles. The maximum absolute atomic E-state index is 11.4. The van der Waals surface area contributed by atoms with Gasteiger partial charge in [0.2, 0.25) is 0 Å². The number of Topliss-reactive ketones (excluding diaryl/α,β-unsaturated/α-hetero) is 1. The van der Waals surface area contributed by atoms with Crippen LogP contribution in [-0.4, -0.2) is 31.7 Å². The van der Waals surface area contributed by atoms with Gasteiger partial charge in [0.1, 0.15) is 6.61 Å². The molecule has 1 rings (SSSR count). The second kappa shape index (κ2) is 6.71. The molecule has 3 nitrogen and oxygen atoms in total. The lowest BCUT2D eigenvalue weighted by Crippen LogP contribution is -2.13. The molecule has 4 heteroatoms. The maximum atomic E-state index is 11.4. The fourth-order valence-corrected chi connectivity index (χ4v) is 1.67. The summed E-state index contributed by atoms with van der Waals surface area (Å²) in [5, 5.41) is 1.88. The van der Waals surface area contributed by atoms with Gasteiger partial charge in [0.05, 0.1) is 24.2 Å². The minimum absolute atomic E-state index is 0.0366. The van der Waals surface area contributed by atoms with Crippen molar-refractivity contribution in [2.24, 2.45) is 0 Å². The first-order valence-corrected chi connectivity index (χ1v) is 5.84. The summed E-state index contributed by atoms with van der Waals surface area (Å²) in [6, 6.07) is 3.67. The predicted molar refractivity (Wildman–Crippen MR) is 60.6 cm³/mol. The molecule has 1 aromatic rings. The van der Waals surface area contributed by atoms with Crippen molar-refractivity contribution in [2.75, 3.05) is 19.8 Å². The van der Waals surface area contributed by atoms with Crippen LogP contribution in [0.3, 0.4) is 0 Å². The summed E-state index contributed by atoms with van der Waals surface area (Å²) in [5.41, 5.74) is 0. The molecule has 84 valence electrons. The van der Waals surface area contributed by atoms with Crippen LogP contribution in [0, 0.1) is 0 Å². The molecule has 0 aliphatic carbocycles. The Morgan fingerprint density at radius 1 is 1.47 bits per heavy atom. The summed E-state index contributed by atoms with van der Waals surface area (Å²) < 4.78 is 10.5. The number of hydrogen-bond acceptors (Lipinski definition) is 4. The minimum atomic E-state index is 0.0366. The van der Waals surface area contributed by atoms with E-state index in [0.717, 1.165) is 4.88 Å². The van der Waals surface area contributed by atoms with Gasteiger partial charge in [0, 0.05) is 0 Å². The summed E-state index contributed by atoms with van der Waals surface area (Å²) in [6.45, 7) is 5.08. The number of carbonyl (C=O) groups is 1. The molecule has 15 heavy (non-hydrogen) atoms. The van der Waals surface area contributed by atoms with E-state index in [9.17, 15) is 4.79 Å². The van der Waals surface area contributed by atoms with E-state index in [1.165, 1.54) is 11.3 Å². The molecule has 1 heterocycles.